The number of hydrogen-bond acceptors (Lipinski definition) is 3. The molecule has 0 unspecified atom stereocenters. The predicted molar refractivity (Wildman–Crippen MR) is 136 cm³/mol. The zero-order chi connectivity index (χ0) is 24.8. The summed E-state index contributed by atoms with van der Waals surface area (Å²) >= 11 is 31.2. The number of carbonyl (C=O) groups is 2. The lowest BCUT2D eigenvalue weighted by Crippen LogP contribution is -2.17. The maximum absolute atomic E-state index is 13.3. The van der Waals surface area contributed by atoms with Gasteiger partial charge in [-0.15, -0.1) is 23.2 Å². The Balaban J connectivity index is 1.52. The number of nitrogen functional groups attached to an aromatic ring is 1. The zero-order valence-electron chi connectivity index (χ0n) is 17.2. The number of ketones is 1. The zero-order valence-corrected chi connectivity index (χ0v) is 21.0. The van der Waals surface area contributed by atoms with Gasteiger partial charge in [0, 0.05) is 39.3 Å². The summed E-state index contributed by atoms with van der Waals surface area (Å²) in [7, 11) is 0. The molecule has 3 aromatic carbocycles. The highest BCUT2D eigenvalue weighted by molar-refractivity contribution is 6.53. The van der Waals surface area contributed by atoms with Crippen molar-refractivity contribution in [3.05, 3.63) is 92.2 Å². The van der Waals surface area contributed by atoms with Crippen LogP contribution in [0, 0.1) is 11.7 Å². The van der Waals surface area contributed by atoms with Gasteiger partial charge in [-0.1, -0.05) is 40.9 Å². The van der Waals surface area contributed by atoms with Crippen LogP contribution in [0.25, 0.3) is 0 Å². The summed E-state index contributed by atoms with van der Waals surface area (Å²) in [6.07, 6.45) is -0.0874. The minimum absolute atomic E-state index is 0.0874. The van der Waals surface area contributed by atoms with E-state index in [2.05, 4.69) is 5.32 Å². The Hall–Kier alpha value is -2.02. The molecule has 10 heteroatoms. The van der Waals surface area contributed by atoms with Crippen LogP contribution in [0.15, 0.2) is 54.6 Å². The van der Waals surface area contributed by atoms with E-state index in [0.717, 1.165) is 6.07 Å². The summed E-state index contributed by atoms with van der Waals surface area (Å²) in [6, 6.07) is 13.2. The van der Waals surface area contributed by atoms with E-state index in [1.807, 2.05) is 0 Å². The molecule has 1 fully saturated rings. The number of alkyl halides is 2. The molecule has 2 atom stereocenters. The molecule has 1 amide bonds. The van der Waals surface area contributed by atoms with E-state index in [4.69, 9.17) is 63.7 Å². The molecule has 1 aliphatic carbocycles. The van der Waals surface area contributed by atoms with Crippen LogP contribution in [0.2, 0.25) is 15.1 Å². The van der Waals surface area contributed by atoms with Gasteiger partial charge < -0.3 is 11.1 Å². The van der Waals surface area contributed by atoms with Crippen molar-refractivity contribution in [3.63, 3.8) is 0 Å². The number of nitrogens with one attached hydrogen (secondary N) is 1. The van der Waals surface area contributed by atoms with Crippen molar-refractivity contribution in [2.24, 2.45) is 5.92 Å². The van der Waals surface area contributed by atoms with Crippen LogP contribution in [0.1, 0.15) is 27.4 Å². The normalized spacial score (nSPS) is 18.4. The number of hydrogen-bond donors (Lipinski definition) is 2. The van der Waals surface area contributed by atoms with Crippen LogP contribution in [-0.2, 0) is 11.2 Å². The fourth-order valence-corrected chi connectivity index (χ4v) is 5.45. The molecule has 4 rings (SSSR count). The predicted octanol–water partition coefficient (Wildman–Crippen LogP) is 7.32. The van der Waals surface area contributed by atoms with Crippen molar-refractivity contribution in [1.82, 2.24) is 0 Å². The smallest absolute Gasteiger partial charge is 0.231 e. The van der Waals surface area contributed by atoms with Crippen LogP contribution in [0.4, 0.5) is 15.8 Å². The van der Waals surface area contributed by atoms with Gasteiger partial charge in [0.25, 0.3) is 0 Å². The molecule has 1 saturated carbocycles. The van der Waals surface area contributed by atoms with Crippen LogP contribution in [-0.4, -0.2) is 16.0 Å². The number of Topliss-reactive ketones (excluding diaryl/α,β-unsaturated/α-hetero) is 1. The van der Waals surface area contributed by atoms with Crippen LogP contribution in [0.3, 0.4) is 0 Å². The Kier molecular flexibility index (Phi) is 7.05. The van der Waals surface area contributed by atoms with Gasteiger partial charge in [0.1, 0.15) is 10.2 Å². The first-order valence-electron chi connectivity index (χ1n) is 9.98. The highest BCUT2D eigenvalue weighted by Gasteiger charge is 2.67. The summed E-state index contributed by atoms with van der Waals surface area (Å²) < 4.78 is 11.9. The first-order chi connectivity index (χ1) is 16.0. The second-order valence-electron chi connectivity index (χ2n) is 7.96. The van der Waals surface area contributed by atoms with Crippen molar-refractivity contribution in [2.45, 2.75) is 16.7 Å². The lowest BCUT2D eigenvalue weighted by atomic mass is 10.0. The second kappa shape index (κ2) is 9.56. The van der Waals surface area contributed by atoms with Gasteiger partial charge in [-0.3, -0.25) is 9.59 Å². The number of halogens is 6. The van der Waals surface area contributed by atoms with Gasteiger partial charge in [-0.2, -0.15) is 0 Å². The van der Waals surface area contributed by atoms with Crippen molar-refractivity contribution in [1.29, 1.82) is 0 Å². The third-order valence-corrected chi connectivity index (χ3v) is 7.28. The number of rotatable bonds is 6. The number of nitrogens with two attached hydrogens (primary N) is 1. The number of carbonyl (C=O) groups excluding carboxylic acids is 2. The first-order valence-corrected chi connectivity index (χ1v) is 11.9. The third kappa shape index (κ3) is 5.14. The average Bonchev–Trinajstić information content (AvgIpc) is 3.33. The molecule has 3 aromatic rings. The topological polar surface area (TPSA) is 72.2 Å². The Labute approximate surface area is 220 Å². The van der Waals surface area contributed by atoms with Crippen LogP contribution < -0.4 is 11.1 Å². The molecule has 0 radical (unpaired) electrons. The van der Waals surface area contributed by atoms with Crippen molar-refractivity contribution in [2.75, 3.05) is 11.1 Å². The number of benzene rings is 3. The Morgan fingerprint density at radius 1 is 0.971 bits per heavy atom. The van der Waals surface area contributed by atoms with E-state index >= 15 is 0 Å². The lowest BCUT2D eigenvalue weighted by Gasteiger charge is -2.10. The summed E-state index contributed by atoms with van der Waals surface area (Å²) in [5, 5.41) is 3.74. The molecular formula is C24H16Cl5FN2O2. The SMILES string of the molecule is Nc1cc(F)ccc1CC(=O)c1cc(NC(=O)[C@H]2[C@H](c3cc(Cl)cc(Cl)c3)C2(Cl)Cl)ccc1Cl. The number of anilines is 2. The van der Waals surface area contributed by atoms with Crippen LogP contribution in [0.5, 0.6) is 0 Å². The molecule has 34 heavy (non-hydrogen) atoms. The molecule has 0 bridgehead atoms. The molecule has 4 nitrogen and oxygen atoms in total. The monoisotopic (exact) mass is 558 g/mol. The van der Waals surface area contributed by atoms with E-state index in [0.29, 0.717) is 26.9 Å². The Morgan fingerprint density at radius 3 is 2.29 bits per heavy atom. The molecule has 0 heterocycles. The summed E-state index contributed by atoms with van der Waals surface area (Å²) in [5.41, 5.74) is 7.59. The molecule has 0 spiro atoms. The fourth-order valence-electron chi connectivity index (χ4n) is 3.85. The highest BCUT2D eigenvalue weighted by atomic mass is 35.5. The standard InChI is InChI=1S/C24H16Cl5FN2O2/c25-13-5-12(6-14(26)8-13)21-22(24(21,28)29)23(34)32-16-3-4-18(27)17(10-16)20(33)7-11-1-2-15(30)9-19(11)31/h1-6,8-10,21-22H,7,31H2,(H,32,34)/t21-,22+/m0/s1. The molecule has 1 aliphatic rings. The minimum Gasteiger partial charge on any atom is -0.398 e. The van der Waals surface area contributed by atoms with Crippen molar-refractivity contribution in [3.8, 4) is 0 Å². The van der Waals surface area contributed by atoms with Gasteiger partial charge in [0.2, 0.25) is 5.91 Å². The second-order valence-corrected chi connectivity index (χ2v) is 10.7. The molecular weight excluding hydrogens is 545 g/mol. The van der Waals surface area contributed by atoms with E-state index < -0.39 is 27.9 Å². The minimum atomic E-state index is -1.34. The number of amides is 1. The summed E-state index contributed by atoms with van der Waals surface area (Å²) in [6.45, 7) is 0. The highest BCUT2D eigenvalue weighted by Crippen LogP contribution is 2.65. The molecule has 176 valence electrons. The van der Waals surface area contributed by atoms with Gasteiger partial charge in [0.15, 0.2) is 5.78 Å². The van der Waals surface area contributed by atoms with Crippen molar-refractivity contribution < 1.29 is 14.0 Å². The Morgan fingerprint density at radius 2 is 1.65 bits per heavy atom. The van der Waals surface area contributed by atoms with E-state index in [1.54, 1.807) is 24.3 Å². The Bertz CT molecular complexity index is 1290. The lowest BCUT2D eigenvalue weighted by molar-refractivity contribution is -0.117. The van der Waals surface area contributed by atoms with Crippen LogP contribution >= 0.6 is 58.0 Å². The molecule has 3 N–H and O–H groups in total. The van der Waals surface area contributed by atoms with Gasteiger partial charge >= 0.3 is 0 Å². The van der Waals surface area contributed by atoms with Gasteiger partial charge in [-0.05, 0) is 59.7 Å². The average molecular weight is 561 g/mol. The van der Waals surface area contributed by atoms with E-state index in [1.165, 1.54) is 24.3 Å². The molecule has 0 aliphatic heterocycles. The van der Waals surface area contributed by atoms with Gasteiger partial charge in [0.05, 0.1) is 10.9 Å². The summed E-state index contributed by atoms with van der Waals surface area (Å²) in [5.74, 6) is -2.55. The quantitative estimate of drug-likeness (QED) is 0.189. The van der Waals surface area contributed by atoms with E-state index in [-0.39, 0.29) is 28.5 Å². The van der Waals surface area contributed by atoms with Crippen molar-refractivity contribution >= 4 is 81.1 Å². The largest absolute Gasteiger partial charge is 0.398 e. The maximum Gasteiger partial charge on any atom is 0.231 e. The van der Waals surface area contributed by atoms with Gasteiger partial charge in [-0.25, -0.2) is 4.39 Å². The third-order valence-electron chi connectivity index (χ3n) is 5.57. The molecule has 0 saturated heterocycles. The molecule has 0 aromatic heterocycles. The van der Waals surface area contributed by atoms with E-state index in [9.17, 15) is 14.0 Å². The summed E-state index contributed by atoms with van der Waals surface area (Å²) in [4.78, 5) is 25.8. The fraction of sp³-hybridized carbons (Fsp3) is 0.167. The first kappa shape index (κ1) is 25.1. The maximum atomic E-state index is 13.3.